The van der Waals surface area contributed by atoms with Gasteiger partial charge in [-0.25, -0.2) is 9.59 Å². The number of hydrogen-bond donors (Lipinski definition) is 0. The fourth-order valence-electron chi connectivity index (χ4n) is 4.51. The third-order valence-electron chi connectivity index (χ3n) is 5.50. The molecule has 0 amide bonds. The van der Waals surface area contributed by atoms with Crippen LogP contribution in [0.4, 0.5) is 0 Å². The van der Waals surface area contributed by atoms with Crippen LogP contribution >= 0.6 is 0 Å². The Morgan fingerprint density at radius 3 is 2.63 bits per heavy atom. The Balaban J connectivity index is 1.59. The summed E-state index contributed by atoms with van der Waals surface area (Å²) in [6.45, 7) is 6.63. The number of esters is 3. The molecule has 8 heteroatoms. The molecule has 2 bridgehead atoms. The van der Waals surface area contributed by atoms with Crippen molar-refractivity contribution in [2.75, 3.05) is 0 Å². The second-order valence-corrected chi connectivity index (χ2v) is 7.31. The Hall–Kier alpha value is -2.90. The molecule has 0 radical (unpaired) electrons. The number of carbonyl (C=O) groups excluding carboxylic acids is 3. The van der Waals surface area contributed by atoms with Crippen LogP contribution in [0.1, 0.15) is 19.1 Å². The van der Waals surface area contributed by atoms with Gasteiger partial charge in [0.2, 0.25) is 0 Å². The molecule has 2 saturated carbocycles. The van der Waals surface area contributed by atoms with E-state index in [-0.39, 0.29) is 23.2 Å². The molecule has 0 N–H and O–H groups in total. The minimum Gasteiger partial charge on any atom is -0.458 e. The van der Waals surface area contributed by atoms with Gasteiger partial charge in [-0.2, -0.15) is 0 Å². The summed E-state index contributed by atoms with van der Waals surface area (Å²) >= 11 is 0. The van der Waals surface area contributed by atoms with Crippen LogP contribution in [0.2, 0.25) is 0 Å². The second kappa shape index (κ2) is 6.07. The van der Waals surface area contributed by atoms with E-state index in [1.54, 1.807) is 6.92 Å². The first-order chi connectivity index (χ1) is 12.8. The zero-order valence-electron chi connectivity index (χ0n) is 14.8. The molecule has 142 valence electrons. The molecule has 2 aliphatic carbocycles. The normalized spacial score (nSPS) is 32.9. The Kier molecular flexibility index (Phi) is 3.94. The topological polar surface area (TPSA) is 109 Å². The average molecular weight is 374 g/mol. The first-order valence-corrected chi connectivity index (χ1v) is 8.66. The summed E-state index contributed by atoms with van der Waals surface area (Å²) in [5, 5.41) is 0. The van der Waals surface area contributed by atoms with E-state index in [0.717, 1.165) is 6.07 Å². The highest BCUT2D eigenvalue weighted by atomic mass is 16.6. The van der Waals surface area contributed by atoms with Crippen LogP contribution in [0.15, 0.2) is 33.5 Å². The van der Waals surface area contributed by atoms with E-state index in [2.05, 4.69) is 6.58 Å². The fourth-order valence-corrected chi connectivity index (χ4v) is 4.51. The van der Waals surface area contributed by atoms with Gasteiger partial charge in [0.25, 0.3) is 0 Å². The van der Waals surface area contributed by atoms with Gasteiger partial charge < -0.3 is 18.6 Å². The van der Waals surface area contributed by atoms with E-state index >= 15 is 0 Å². The fraction of sp³-hybridized carbons (Fsp3) is 0.474. The van der Waals surface area contributed by atoms with Gasteiger partial charge in [-0.3, -0.25) is 9.59 Å². The summed E-state index contributed by atoms with van der Waals surface area (Å²) < 4.78 is 21.0. The summed E-state index contributed by atoms with van der Waals surface area (Å²) in [7, 11) is 0. The van der Waals surface area contributed by atoms with Crippen molar-refractivity contribution in [3.05, 3.63) is 40.5 Å². The lowest BCUT2D eigenvalue weighted by atomic mass is 9.78. The molecule has 0 spiro atoms. The van der Waals surface area contributed by atoms with E-state index in [1.807, 2.05) is 0 Å². The zero-order chi connectivity index (χ0) is 19.5. The average Bonchev–Trinajstić information content (AvgIpc) is 3.17. The van der Waals surface area contributed by atoms with Crippen molar-refractivity contribution < 1.29 is 33.0 Å². The Morgan fingerprint density at radius 2 is 1.96 bits per heavy atom. The van der Waals surface area contributed by atoms with E-state index in [0.29, 0.717) is 12.2 Å². The molecule has 6 atom stereocenters. The van der Waals surface area contributed by atoms with Crippen molar-refractivity contribution in [2.45, 2.75) is 32.5 Å². The molecule has 3 aliphatic rings. The van der Waals surface area contributed by atoms with Crippen molar-refractivity contribution in [3.63, 3.8) is 0 Å². The van der Waals surface area contributed by atoms with E-state index in [4.69, 9.17) is 18.6 Å². The largest absolute Gasteiger partial charge is 0.458 e. The summed E-state index contributed by atoms with van der Waals surface area (Å²) in [5.74, 6) is -3.35. The van der Waals surface area contributed by atoms with Crippen molar-refractivity contribution in [1.82, 2.24) is 0 Å². The number of ether oxygens (including phenoxy) is 3. The smallest absolute Gasteiger partial charge is 0.339 e. The van der Waals surface area contributed by atoms with Crippen molar-refractivity contribution >= 4 is 17.9 Å². The van der Waals surface area contributed by atoms with Crippen molar-refractivity contribution in [3.8, 4) is 5.75 Å². The van der Waals surface area contributed by atoms with Crippen molar-refractivity contribution in [1.29, 1.82) is 0 Å². The molecular weight excluding hydrogens is 356 g/mol. The molecule has 6 unspecified atom stereocenters. The van der Waals surface area contributed by atoms with Crippen LogP contribution in [0.5, 0.6) is 5.75 Å². The van der Waals surface area contributed by atoms with Crippen LogP contribution < -0.4 is 10.4 Å². The molecule has 8 nitrogen and oxygen atoms in total. The summed E-state index contributed by atoms with van der Waals surface area (Å²) in [6, 6.07) is 2.48. The quantitative estimate of drug-likeness (QED) is 0.570. The molecule has 1 saturated heterocycles. The van der Waals surface area contributed by atoms with Gasteiger partial charge >= 0.3 is 23.5 Å². The van der Waals surface area contributed by atoms with E-state index in [1.165, 1.54) is 13.0 Å². The predicted octanol–water partition coefficient (Wildman–Crippen LogP) is 1.15. The molecule has 1 aliphatic heterocycles. The van der Waals surface area contributed by atoms with Crippen LogP contribution in [-0.4, -0.2) is 30.1 Å². The van der Waals surface area contributed by atoms with Gasteiger partial charge in [0, 0.05) is 23.5 Å². The van der Waals surface area contributed by atoms with Gasteiger partial charge in [-0.15, -0.1) is 0 Å². The monoisotopic (exact) mass is 374 g/mol. The lowest BCUT2D eigenvalue weighted by molar-refractivity contribution is -0.160. The van der Waals surface area contributed by atoms with Gasteiger partial charge in [-0.05, 0) is 20.3 Å². The van der Waals surface area contributed by atoms with Crippen molar-refractivity contribution in [2.24, 2.45) is 23.7 Å². The number of hydrogen-bond acceptors (Lipinski definition) is 8. The molecule has 3 fully saturated rings. The Morgan fingerprint density at radius 1 is 1.22 bits per heavy atom. The van der Waals surface area contributed by atoms with Crippen LogP contribution in [0.3, 0.4) is 0 Å². The molecule has 1 aromatic rings. The SMILES string of the molecule is C=C(C)C(=O)OC1C2CC3C1OC(=O)C3C2C(=O)Oc1cc(C)oc(=O)c1. The zero-order valence-corrected chi connectivity index (χ0v) is 14.8. The maximum absolute atomic E-state index is 12.8. The lowest BCUT2D eigenvalue weighted by Gasteiger charge is -2.30. The Bertz CT molecular complexity index is 913. The highest BCUT2D eigenvalue weighted by Gasteiger charge is 2.70. The van der Waals surface area contributed by atoms with Crippen LogP contribution in [0, 0.1) is 30.6 Å². The molecule has 2 heterocycles. The minimum atomic E-state index is -0.795. The maximum atomic E-state index is 12.8. The van der Waals surface area contributed by atoms with E-state index in [9.17, 15) is 19.2 Å². The molecule has 27 heavy (non-hydrogen) atoms. The Labute approximate surface area is 154 Å². The molecule has 4 rings (SSSR count). The first-order valence-electron chi connectivity index (χ1n) is 8.66. The third-order valence-corrected chi connectivity index (χ3v) is 5.50. The third kappa shape index (κ3) is 2.75. The van der Waals surface area contributed by atoms with Gasteiger partial charge in [0.15, 0.2) is 0 Å². The van der Waals surface area contributed by atoms with Crippen LogP contribution in [-0.2, 0) is 23.9 Å². The molecule has 1 aromatic heterocycles. The summed E-state index contributed by atoms with van der Waals surface area (Å²) in [6.07, 6.45) is -0.710. The summed E-state index contributed by atoms with van der Waals surface area (Å²) in [4.78, 5) is 48.5. The number of aryl methyl sites for hydroxylation is 1. The first kappa shape index (κ1) is 17.5. The predicted molar refractivity (Wildman–Crippen MR) is 88.5 cm³/mol. The van der Waals surface area contributed by atoms with Gasteiger partial charge in [0.1, 0.15) is 23.7 Å². The lowest BCUT2D eigenvalue weighted by Crippen LogP contribution is -2.44. The highest BCUT2D eigenvalue weighted by Crippen LogP contribution is 2.59. The van der Waals surface area contributed by atoms with Gasteiger partial charge in [0.05, 0.1) is 17.9 Å². The van der Waals surface area contributed by atoms with Crippen LogP contribution in [0.25, 0.3) is 0 Å². The maximum Gasteiger partial charge on any atom is 0.339 e. The number of carbonyl (C=O) groups is 3. The number of fused-ring (bicyclic) bond motifs is 1. The highest BCUT2D eigenvalue weighted by molar-refractivity contribution is 5.89. The molecule has 0 aromatic carbocycles. The summed E-state index contributed by atoms with van der Waals surface area (Å²) in [5.41, 5.74) is -0.413. The number of rotatable bonds is 4. The molecular formula is C19H18O8. The van der Waals surface area contributed by atoms with Gasteiger partial charge in [-0.1, -0.05) is 6.58 Å². The second-order valence-electron chi connectivity index (χ2n) is 7.31. The minimum absolute atomic E-state index is 0.0509. The van der Waals surface area contributed by atoms with E-state index < -0.39 is 47.6 Å². The standard InChI is InChI=1S/C19H18O8/c1-7(2)17(21)26-15-10-6-11-14(19(23)27-16(11)15)13(10)18(22)25-9-4-8(3)24-12(20)5-9/h4-5,10-11,13-16H,1,6H2,2-3H3.